The van der Waals surface area contributed by atoms with E-state index in [1.807, 2.05) is 7.05 Å². The third kappa shape index (κ3) is 2.15. The zero-order chi connectivity index (χ0) is 9.35. The van der Waals surface area contributed by atoms with E-state index < -0.39 is 0 Å². The van der Waals surface area contributed by atoms with Crippen molar-refractivity contribution in [1.82, 2.24) is 4.57 Å². The first-order chi connectivity index (χ1) is 5.41. The van der Waals surface area contributed by atoms with Crippen LogP contribution in [-0.4, -0.2) is 10.1 Å². The number of rotatable bonds is 1. The van der Waals surface area contributed by atoms with Crippen molar-refractivity contribution in [3.05, 3.63) is 18.5 Å². The lowest BCUT2D eigenvalue weighted by atomic mass is 10.1. The molecule has 0 bridgehead atoms. The van der Waals surface area contributed by atoms with Crippen LogP contribution in [-0.2, 0) is 7.05 Å². The lowest BCUT2D eigenvalue weighted by Crippen LogP contribution is -2.32. The summed E-state index contributed by atoms with van der Waals surface area (Å²) in [5.41, 5.74) is 1.44. The van der Waals surface area contributed by atoms with Gasteiger partial charge in [0.05, 0.1) is 28.6 Å². The van der Waals surface area contributed by atoms with Gasteiger partial charge in [-0.15, -0.1) is 0 Å². The number of halogens is 1. The van der Waals surface area contributed by atoms with Gasteiger partial charge in [-0.25, -0.2) is 0 Å². The number of hydrogen-bond donors (Lipinski definition) is 0. The lowest BCUT2D eigenvalue weighted by molar-refractivity contribution is 0.601. The van der Waals surface area contributed by atoms with Gasteiger partial charge in [0, 0.05) is 25.0 Å². The zero-order valence-electron chi connectivity index (χ0n) is 8.00. The highest BCUT2D eigenvalue weighted by molar-refractivity contribution is 14.1. The first-order valence-electron chi connectivity index (χ1n) is 3.99. The van der Waals surface area contributed by atoms with Gasteiger partial charge in [0.1, 0.15) is 0 Å². The summed E-state index contributed by atoms with van der Waals surface area (Å²) >= 11 is 2.35. The number of aromatic nitrogens is 1. The SMILES string of the molecule is Cn1ccc(N(I)C(C)(C)C)c1. The molecule has 68 valence electrons. The van der Waals surface area contributed by atoms with E-state index in [4.69, 9.17) is 0 Å². The molecule has 1 aromatic heterocycles. The summed E-state index contributed by atoms with van der Waals surface area (Å²) in [6.45, 7) is 6.60. The maximum Gasteiger partial charge on any atom is 0.0639 e. The normalized spacial score (nSPS) is 11.8. The number of hydrogen-bond acceptors (Lipinski definition) is 1. The maximum atomic E-state index is 2.35. The molecule has 2 nitrogen and oxygen atoms in total. The second-order valence-corrected chi connectivity index (χ2v) is 4.95. The van der Waals surface area contributed by atoms with E-state index in [0.717, 1.165) is 0 Å². The van der Waals surface area contributed by atoms with Crippen molar-refractivity contribution in [3.8, 4) is 0 Å². The highest BCUT2D eigenvalue weighted by Crippen LogP contribution is 2.27. The predicted octanol–water partition coefficient (Wildman–Crippen LogP) is 2.98. The van der Waals surface area contributed by atoms with Crippen molar-refractivity contribution in [1.29, 1.82) is 0 Å². The fraction of sp³-hybridized carbons (Fsp3) is 0.556. The topological polar surface area (TPSA) is 8.17 Å². The molecule has 0 aromatic carbocycles. The number of anilines is 1. The molecule has 0 amide bonds. The van der Waals surface area contributed by atoms with E-state index in [1.54, 1.807) is 0 Å². The molecule has 0 aliphatic carbocycles. The van der Waals surface area contributed by atoms with E-state index in [1.165, 1.54) is 5.69 Å². The Bertz CT molecular complexity index is 260. The quantitative estimate of drug-likeness (QED) is 0.566. The van der Waals surface area contributed by atoms with Crippen LogP contribution in [0.25, 0.3) is 0 Å². The third-order valence-electron chi connectivity index (χ3n) is 1.63. The largest absolute Gasteiger partial charge is 0.355 e. The van der Waals surface area contributed by atoms with E-state index in [0.29, 0.717) is 0 Å². The van der Waals surface area contributed by atoms with Gasteiger partial charge in [-0.2, -0.15) is 0 Å². The molecule has 0 radical (unpaired) electrons. The monoisotopic (exact) mass is 278 g/mol. The van der Waals surface area contributed by atoms with Crippen LogP contribution in [0.5, 0.6) is 0 Å². The highest BCUT2D eigenvalue weighted by atomic mass is 127. The predicted molar refractivity (Wildman–Crippen MR) is 61.7 cm³/mol. The van der Waals surface area contributed by atoms with Crippen LogP contribution < -0.4 is 3.11 Å². The second kappa shape index (κ2) is 3.28. The summed E-state index contributed by atoms with van der Waals surface area (Å²) in [7, 11) is 2.04. The van der Waals surface area contributed by atoms with Crippen LogP contribution in [0.2, 0.25) is 0 Å². The molecule has 0 aliphatic rings. The standard InChI is InChI=1S/C9H15IN2/c1-9(2,3)12(10)8-5-6-11(4)7-8/h5-7H,1-4H3. The van der Waals surface area contributed by atoms with E-state index >= 15 is 0 Å². The minimum absolute atomic E-state index is 0.182. The van der Waals surface area contributed by atoms with Crippen molar-refractivity contribution in [2.45, 2.75) is 26.3 Å². The Morgan fingerprint density at radius 1 is 1.42 bits per heavy atom. The second-order valence-electron chi connectivity index (χ2n) is 3.99. The summed E-state index contributed by atoms with van der Waals surface area (Å²) in [4.78, 5) is 0. The summed E-state index contributed by atoms with van der Waals surface area (Å²) in [6, 6.07) is 2.12. The minimum Gasteiger partial charge on any atom is -0.355 e. The molecule has 12 heavy (non-hydrogen) atoms. The molecule has 1 rings (SSSR count). The van der Waals surface area contributed by atoms with Gasteiger partial charge < -0.3 is 7.68 Å². The fourth-order valence-corrected chi connectivity index (χ4v) is 1.28. The van der Waals surface area contributed by atoms with Gasteiger partial charge in [0.15, 0.2) is 0 Å². The van der Waals surface area contributed by atoms with Crippen LogP contribution in [0.4, 0.5) is 5.69 Å². The Morgan fingerprint density at radius 2 is 2.00 bits per heavy atom. The van der Waals surface area contributed by atoms with Crippen molar-refractivity contribution in [2.75, 3.05) is 3.11 Å². The smallest absolute Gasteiger partial charge is 0.0639 e. The first kappa shape index (κ1) is 9.89. The van der Waals surface area contributed by atoms with Crippen LogP contribution in [0.3, 0.4) is 0 Å². The molecular formula is C9H15IN2. The van der Waals surface area contributed by atoms with Crippen molar-refractivity contribution < 1.29 is 0 Å². The van der Waals surface area contributed by atoms with E-state index in [2.05, 4.69) is 69.8 Å². The van der Waals surface area contributed by atoms with Crippen molar-refractivity contribution >= 4 is 28.6 Å². The molecule has 0 saturated heterocycles. The summed E-state index contributed by atoms with van der Waals surface area (Å²) in [5, 5.41) is 0. The highest BCUT2D eigenvalue weighted by Gasteiger charge is 2.19. The van der Waals surface area contributed by atoms with Crippen molar-refractivity contribution in [3.63, 3.8) is 0 Å². The van der Waals surface area contributed by atoms with E-state index in [-0.39, 0.29) is 5.54 Å². The number of aryl methyl sites for hydroxylation is 1. The Labute approximate surface area is 88.1 Å². The number of nitrogens with zero attached hydrogens (tertiary/aromatic N) is 2. The molecule has 0 atom stereocenters. The average molecular weight is 278 g/mol. The Morgan fingerprint density at radius 3 is 2.33 bits per heavy atom. The third-order valence-corrected chi connectivity index (χ3v) is 3.64. The molecule has 0 saturated carbocycles. The van der Waals surface area contributed by atoms with Gasteiger partial charge in [-0.05, 0) is 26.8 Å². The van der Waals surface area contributed by atoms with Crippen molar-refractivity contribution in [2.24, 2.45) is 7.05 Å². The van der Waals surface area contributed by atoms with Gasteiger partial charge in [0.25, 0.3) is 0 Å². The summed E-state index contributed by atoms with van der Waals surface area (Å²) in [5.74, 6) is 0. The molecule has 3 heteroatoms. The zero-order valence-corrected chi connectivity index (χ0v) is 10.2. The summed E-state index contributed by atoms with van der Waals surface area (Å²) in [6.07, 6.45) is 4.18. The fourth-order valence-electron chi connectivity index (χ4n) is 0.992. The van der Waals surface area contributed by atoms with Gasteiger partial charge in [0.2, 0.25) is 0 Å². The Hall–Kier alpha value is -0.190. The van der Waals surface area contributed by atoms with E-state index in [9.17, 15) is 0 Å². The molecule has 0 N–H and O–H groups in total. The van der Waals surface area contributed by atoms with Crippen LogP contribution in [0.1, 0.15) is 20.8 Å². The molecule has 1 heterocycles. The molecule has 0 unspecified atom stereocenters. The maximum absolute atomic E-state index is 2.35. The summed E-state index contributed by atoms with van der Waals surface area (Å²) < 4.78 is 4.30. The molecular weight excluding hydrogens is 263 g/mol. The minimum atomic E-state index is 0.182. The van der Waals surface area contributed by atoms with Gasteiger partial charge in [-0.3, -0.25) is 0 Å². The average Bonchev–Trinajstić information content (AvgIpc) is 2.32. The van der Waals surface area contributed by atoms with Gasteiger partial charge >= 0.3 is 0 Å². The molecule has 0 spiro atoms. The lowest BCUT2D eigenvalue weighted by Gasteiger charge is -2.30. The van der Waals surface area contributed by atoms with Crippen LogP contribution >= 0.6 is 22.9 Å². The molecule has 0 fully saturated rings. The van der Waals surface area contributed by atoms with Gasteiger partial charge in [-0.1, -0.05) is 0 Å². The molecule has 1 aromatic rings. The molecule has 0 aliphatic heterocycles. The first-order valence-corrected chi connectivity index (χ1v) is 4.96. The Balaban J connectivity index is 2.85. The van der Waals surface area contributed by atoms with Crippen LogP contribution in [0, 0.1) is 0 Å². The van der Waals surface area contributed by atoms with Crippen LogP contribution in [0.15, 0.2) is 18.5 Å². The Kier molecular flexibility index (Phi) is 2.70.